The smallest absolute Gasteiger partial charge is 0.153 e. The van der Waals surface area contributed by atoms with Crippen LogP contribution in [0.4, 0.5) is 10.8 Å². The van der Waals surface area contributed by atoms with Crippen molar-refractivity contribution in [2.75, 3.05) is 44.5 Å². The number of nitrogen functional groups attached to an aromatic ring is 1. The first-order valence-electron chi connectivity index (χ1n) is 4.83. The first-order chi connectivity index (χ1) is 7.15. The first-order valence-corrected chi connectivity index (χ1v) is 6.82. The Bertz CT molecular complexity index is 298. The molecular weight excluding hydrogens is 228 g/mol. The summed E-state index contributed by atoms with van der Waals surface area (Å²) in [5.74, 6) is 0.641. The summed E-state index contributed by atoms with van der Waals surface area (Å²) in [6.45, 7) is 2.06. The predicted molar refractivity (Wildman–Crippen MR) is 70.0 cm³/mol. The van der Waals surface area contributed by atoms with E-state index in [1.54, 1.807) is 11.8 Å². The fraction of sp³-hybridized carbons (Fsp3) is 0.667. The molecule has 0 aliphatic carbocycles. The Kier molecular flexibility index (Phi) is 5.21. The van der Waals surface area contributed by atoms with Gasteiger partial charge in [0.15, 0.2) is 5.82 Å². The molecule has 1 aromatic heterocycles. The third kappa shape index (κ3) is 3.89. The summed E-state index contributed by atoms with van der Waals surface area (Å²) >= 11 is 3.08. The van der Waals surface area contributed by atoms with Gasteiger partial charge in [-0.3, -0.25) is 0 Å². The monoisotopic (exact) mass is 246 g/mol. The Morgan fingerprint density at radius 3 is 2.87 bits per heavy atom. The Hall–Kier alpha value is -0.460. The Morgan fingerprint density at radius 2 is 2.27 bits per heavy atom. The van der Waals surface area contributed by atoms with Crippen molar-refractivity contribution in [1.82, 2.24) is 9.27 Å². The van der Waals surface area contributed by atoms with Crippen LogP contribution in [0.5, 0.6) is 0 Å². The quantitative estimate of drug-likeness (QED) is 0.592. The molecule has 0 aliphatic heterocycles. The van der Waals surface area contributed by atoms with Gasteiger partial charge in [-0.25, -0.2) is 0 Å². The van der Waals surface area contributed by atoms with Crippen molar-refractivity contribution in [3.8, 4) is 0 Å². The molecule has 0 radical (unpaired) electrons. The molecule has 0 aliphatic rings. The third-order valence-electron chi connectivity index (χ3n) is 1.95. The molecule has 1 rings (SSSR count). The van der Waals surface area contributed by atoms with Gasteiger partial charge in [0.2, 0.25) is 0 Å². The van der Waals surface area contributed by atoms with Crippen LogP contribution in [0.2, 0.25) is 0 Å². The number of nitrogens with zero attached hydrogens (tertiary/aromatic N) is 2. The molecule has 0 amide bonds. The Morgan fingerprint density at radius 1 is 1.53 bits per heavy atom. The van der Waals surface area contributed by atoms with Crippen molar-refractivity contribution in [1.29, 1.82) is 0 Å². The summed E-state index contributed by atoms with van der Waals surface area (Å²) in [5, 5.41) is 4.46. The zero-order valence-electron chi connectivity index (χ0n) is 9.41. The normalized spacial score (nSPS) is 10.9. The summed E-state index contributed by atoms with van der Waals surface area (Å²) < 4.78 is 4.13. The number of hydrogen-bond donors (Lipinski definition) is 2. The lowest BCUT2D eigenvalue weighted by atomic mass is 10.4. The van der Waals surface area contributed by atoms with Crippen LogP contribution in [0.15, 0.2) is 4.90 Å². The maximum atomic E-state index is 5.73. The SMILES string of the molecule is CSc1c(N)nsc1NCCCN(C)C. The Balaban J connectivity index is 2.37. The number of hydrogen-bond acceptors (Lipinski definition) is 6. The van der Waals surface area contributed by atoms with Gasteiger partial charge in [-0.05, 0) is 44.8 Å². The standard InChI is InChI=1S/C9H18N4S2/c1-13(2)6-4-5-11-9-7(14-3)8(10)12-15-9/h11H,4-6H2,1-3H3,(H2,10,12). The lowest BCUT2D eigenvalue weighted by Gasteiger charge is -2.09. The molecular formula is C9H18N4S2. The molecule has 1 aromatic rings. The number of anilines is 2. The van der Waals surface area contributed by atoms with Gasteiger partial charge in [-0.15, -0.1) is 11.8 Å². The van der Waals surface area contributed by atoms with E-state index in [4.69, 9.17) is 5.73 Å². The lowest BCUT2D eigenvalue weighted by Crippen LogP contribution is -2.16. The average molecular weight is 246 g/mol. The third-order valence-corrected chi connectivity index (χ3v) is 3.72. The van der Waals surface area contributed by atoms with Crippen molar-refractivity contribution in [3.63, 3.8) is 0 Å². The second-order valence-corrected chi connectivity index (χ2v) is 5.10. The van der Waals surface area contributed by atoms with Crippen LogP contribution in [-0.4, -0.2) is 42.7 Å². The molecule has 0 spiro atoms. The minimum absolute atomic E-state index is 0.641. The zero-order valence-corrected chi connectivity index (χ0v) is 11.0. The largest absolute Gasteiger partial charge is 0.382 e. The van der Waals surface area contributed by atoms with Gasteiger partial charge < -0.3 is 16.0 Å². The molecule has 6 heteroatoms. The summed E-state index contributed by atoms with van der Waals surface area (Å²) in [4.78, 5) is 3.25. The number of aromatic nitrogens is 1. The highest BCUT2D eigenvalue weighted by molar-refractivity contribution is 7.99. The molecule has 0 fully saturated rings. The van der Waals surface area contributed by atoms with Gasteiger partial charge >= 0.3 is 0 Å². The van der Waals surface area contributed by atoms with E-state index in [1.165, 1.54) is 11.5 Å². The number of nitrogens with one attached hydrogen (secondary N) is 1. The number of thioether (sulfide) groups is 1. The van der Waals surface area contributed by atoms with E-state index < -0.39 is 0 Å². The van der Waals surface area contributed by atoms with Gasteiger partial charge in [-0.2, -0.15) is 4.37 Å². The summed E-state index contributed by atoms with van der Waals surface area (Å²) in [5.41, 5.74) is 5.73. The highest BCUT2D eigenvalue weighted by atomic mass is 32.2. The van der Waals surface area contributed by atoms with Crippen molar-refractivity contribution in [2.45, 2.75) is 11.3 Å². The van der Waals surface area contributed by atoms with Gasteiger partial charge in [0.25, 0.3) is 0 Å². The first kappa shape index (κ1) is 12.6. The maximum absolute atomic E-state index is 5.73. The molecule has 86 valence electrons. The van der Waals surface area contributed by atoms with E-state index in [1.807, 2.05) is 6.26 Å². The number of rotatable bonds is 6. The molecule has 1 heterocycles. The molecule has 0 atom stereocenters. The molecule has 3 N–H and O–H groups in total. The molecule has 0 bridgehead atoms. The Labute approximate surface area is 99.4 Å². The van der Waals surface area contributed by atoms with Crippen molar-refractivity contribution >= 4 is 34.1 Å². The topological polar surface area (TPSA) is 54.2 Å². The zero-order chi connectivity index (χ0) is 11.3. The van der Waals surface area contributed by atoms with E-state index >= 15 is 0 Å². The summed E-state index contributed by atoms with van der Waals surface area (Å²) in [7, 11) is 4.16. The van der Waals surface area contributed by atoms with Crippen LogP contribution >= 0.6 is 23.3 Å². The molecule has 0 saturated carbocycles. The fourth-order valence-electron chi connectivity index (χ4n) is 1.20. The molecule has 15 heavy (non-hydrogen) atoms. The predicted octanol–water partition coefficient (Wildman–Crippen LogP) is 1.81. The van der Waals surface area contributed by atoms with E-state index in [2.05, 4.69) is 28.7 Å². The summed E-state index contributed by atoms with van der Waals surface area (Å²) in [6, 6.07) is 0. The van der Waals surface area contributed by atoms with Crippen LogP contribution < -0.4 is 11.1 Å². The van der Waals surface area contributed by atoms with Gasteiger partial charge in [0, 0.05) is 6.54 Å². The average Bonchev–Trinajstić information content (AvgIpc) is 2.53. The number of nitrogens with two attached hydrogens (primary N) is 1. The second-order valence-electron chi connectivity index (χ2n) is 3.51. The minimum atomic E-state index is 0.641. The van der Waals surface area contributed by atoms with Crippen LogP contribution in [0.1, 0.15) is 6.42 Å². The van der Waals surface area contributed by atoms with Crippen LogP contribution in [-0.2, 0) is 0 Å². The van der Waals surface area contributed by atoms with Gasteiger partial charge in [-0.1, -0.05) is 0 Å². The molecule has 0 unspecified atom stereocenters. The molecule has 4 nitrogen and oxygen atoms in total. The van der Waals surface area contributed by atoms with Crippen molar-refractivity contribution in [2.24, 2.45) is 0 Å². The van der Waals surface area contributed by atoms with Crippen molar-refractivity contribution < 1.29 is 0 Å². The highest BCUT2D eigenvalue weighted by Gasteiger charge is 2.09. The van der Waals surface area contributed by atoms with E-state index in [-0.39, 0.29) is 0 Å². The molecule has 0 saturated heterocycles. The maximum Gasteiger partial charge on any atom is 0.153 e. The highest BCUT2D eigenvalue weighted by Crippen LogP contribution is 2.34. The summed E-state index contributed by atoms with van der Waals surface area (Å²) in [6.07, 6.45) is 3.14. The lowest BCUT2D eigenvalue weighted by molar-refractivity contribution is 0.405. The minimum Gasteiger partial charge on any atom is -0.382 e. The van der Waals surface area contributed by atoms with Crippen molar-refractivity contribution in [3.05, 3.63) is 0 Å². The fourth-order valence-corrected chi connectivity index (χ4v) is 2.77. The van der Waals surface area contributed by atoms with Crippen LogP contribution in [0.3, 0.4) is 0 Å². The van der Waals surface area contributed by atoms with Crippen LogP contribution in [0.25, 0.3) is 0 Å². The second kappa shape index (κ2) is 6.19. The van der Waals surface area contributed by atoms with E-state index in [0.717, 1.165) is 29.4 Å². The molecule has 0 aromatic carbocycles. The van der Waals surface area contributed by atoms with E-state index in [0.29, 0.717) is 5.82 Å². The van der Waals surface area contributed by atoms with Gasteiger partial charge in [0.05, 0.1) is 4.90 Å². The van der Waals surface area contributed by atoms with E-state index in [9.17, 15) is 0 Å². The van der Waals surface area contributed by atoms with Gasteiger partial charge in [0.1, 0.15) is 5.00 Å². The van der Waals surface area contributed by atoms with Crippen LogP contribution in [0, 0.1) is 0 Å².